The summed E-state index contributed by atoms with van der Waals surface area (Å²) in [7, 11) is 0. The molecule has 0 saturated carbocycles. The van der Waals surface area contributed by atoms with Crippen LogP contribution < -0.4 is 10.6 Å². The number of hydrogen-bond acceptors (Lipinski definition) is 5. The summed E-state index contributed by atoms with van der Waals surface area (Å²) in [6.07, 6.45) is 2.58. The Morgan fingerprint density at radius 2 is 2.00 bits per heavy atom. The van der Waals surface area contributed by atoms with Crippen molar-refractivity contribution in [3.63, 3.8) is 0 Å². The van der Waals surface area contributed by atoms with E-state index in [0.29, 0.717) is 12.0 Å². The van der Waals surface area contributed by atoms with Crippen molar-refractivity contribution in [3.05, 3.63) is 36.0 Å². The second-order valence-corrected chi connectivity index (χ2v) is 4.60. The maximum absolute atomic E-state index is 4.39. The summed E-state index contributed by atoms with van der Waals surface area (Å²) in [6.45, 7) is 6.24. The zero-order valence-electron chi connectivity index (χ0n) is 11.5. The lowest BCUT2D eigenvalue weighted by atomic mass is 10.1. The van der Waals surface area contributed by atoms with E-state index in [2.05, 4.69) is 52.7 Å². The average Bonchev–Trinajstić information content (AvgIpc) is 2.39. The number of rotatable bonds is 5. The Morgan fingerprint density at radius 3 is 2.74 bits per heavy atom. The first kappa shape index (κ1) is 13.3. The zero-order valence-corrected chi connectivity index (χ0v) is 11.5. The lowest BCUT2D eigenvalue weighted by molar-refractivity contribution is 0.873. The molecule has 0 radical (unpaired) electrons. The Labute approximate surface area is 113 Å². The molecule has 0 bridgehead atoms. The molecular weight excluding hydrogens is 238 g/mol. The van der Waals surface area contributed by atoms with Crippen LogP contribution in [0.4, 0.5) is 17.5 Å². The van der Waals surface area contributed by atoms with E-state index in [9.17, 15) is 0 Å². The number of hydrogen-bond donors (Lipinski definition) is 2. The van der Waals surface area contributed by atoms with Crippen LogP contribution in [-0.2, 0) is 6.42 Å². The molecule has 0 unspecified atom stereocenters. The van der Waals surface area contributed by atoms with Crippen LogP contribution >= 0.6 is 0 Å². The van der Waals surface area contributed by atoms with Crippen LogP contribution in [0, 0.1) is 0 Å². The summed E-state index contributed by atoms with van der Waals surface area (Å²) in [5.41, 5.74) is 2.25. The molecule has 0 amide bonds. The van der Waals surface area contributed by atoms with Gasteiger partial charge in [-0.2, -0.15) is 10.1 Å². The molecule has 1 aromatic heterocycles. The van der Waals surface area contributed by atoms with Gasteiger partial charge < -0.3 is 10.6 Å². The molecule has 1 heterocycles. The average molecular weight is 257 g/mol. The topological polar surface area (TPSA) is 62.7 Å². The van der Waals surface area contributed by atoms with Gasteiger partial charge in [-0.25, -0.2) is 0 Å². The highest BCUT2D eigenvalue weighted by Gasteiger charge is 2.04. The second kappa shape index (κ2) is 6.13. The summed E-state index contributed by atoms with van der Waals surface area (Å²) in [5, 5.41) is 14.4. The van der Waals surface area contributed by atoms with Crippen molar-refractivity contribution in [2.24, 2.45) is 0 Å². The minimum absolute atomic E-state index is 0.312. The third-order valence-corrected chi connectivity index (χ3v) is 2.64. The van der Waals surface area contributed by atoms with Crippen LogP contribution in [0.1, 0.15) is 26.3 Å². The number of nitrogens with one attached hydrogen (secondary N) is 2. The van der Waals surface area contributed by atoms with Gasteiger partial charge in [-0.05, 0) is 31.9 Å². The maximum atomic E-state index is 4.39. The number of aryl methyl sites for hydroxylation is 1. The molecule has 5 nitrogen and oxygen atoms in total. The van der Waals surface area contributed by atoms with Gasteiger partial charge in [-0.3, -0.25) is 0 Å². The molecule has 19 heavy (non-hydrogen) atoms. The van der Waals surface area contributed by atoms with Gasteiger partial charge in [0.25, 0.3) is 0 Å². The van der Waals surface area contributed by atoms with Crippen LogP contribution in [0.25, 0.3) is 0 Å². The monoisotopic (exact) mass is 257 g/mol. The van der Waals surface area contributed by atoms with E-state index in [1.165, 1.54) is 5.56 Å². The van der Waals surface area contributed by atoms with Crippen LogP contribution in [0.3, 0.4) is 0 Å². The van der Waals surface area contributed by atoms with Gasteiger partial charge in [-0.15, -0.1) is 5.10 Å². The molecule has 1 aromatic carbocycles. The van der Waals surface area contributed by atoms with Gasteiger partial charge in [-0.1, -0.05) is 25.1 Å². The first-order valence-corrected chi connectivity index (χ1v) is 6.50. The van der Waals surface area contributed by atoms with E-state index < -0.39 is 0 Å². The Kier molecular flexibility index (Phi) is 4.28. The highest BCUT2D eigenvalue weighted by molar-refractivity contribution is 5.58. The van der Waals surface area contributed by atoms with Gasteiger partial charge in [0.2, 0.25) is 5.95 Å². The maximum Gasteiger partial charge on any atom is 0.249 e. The van der Waals surface area contributed by atoms with E-state index >= 15 is 0 Å². The van der Waals surface area contributed by atoms with Gasteiger partial charge in [0, 0.05) is 11.7 Å². The molecule has 2 aromatic rings. The molecule has 5 heteroatoms. The molecule has 0 aliphatic carbocycles. The van der Waals surface area contributed by atoms with Crippen molar-refractivity contribution < 1.29 is 0 Å². The Bertz CT molecular complexity index is 539. The number of benzene rings is 1. The van der Waals surface area contributed by atoms with Crippen molar-refractivity contribution in [1.82, 2.24) is 15.2 Å². The Morgan fingerprint density at radius 1 is 1.21 bits per heavy atom. The van der Waals surface area contributed by atoms with E-state index in [4.69, 9.17) is 0 Å². The molecule has 0 aliphatic heterocycles. The normalized spacial score (nSPS) is 10.5. The molecular formula is C14H19N5. The molecule has 0 aliphatic rings. The van der Waals surface area contributed by atoms with Crippen LogP contribution in [0.5, 0.6) is 0 Å². The summed E-state index contributed by atoms with van der Waals surface area (Å²) >= 11 is 0. The van der Waals surface area contributed by atoms with Gasteiger partial charge in [0.1, 0.15) is 0 Å². The minimum Gasteiger partial charge on any atom is -0.366 e. The first-order valence-electron chi connectivity index (χ1n) is 6.50. The first-order chi connectivity index (χ1) is 9.19. The lowest BCUT2D eigenvalue weighted by Gasteiger charge is -2.11. The number of para-hydroxylation sites is 1. The van der Waals surface area contributed by atoms with Crippen LogP contribution in [0.2, 0.25) is 0 Å². The second-order valence-electron chi connectivity index (χ2n) is 4.60. The van der Waals surface area contributed by atoms with Crippen molar-refractivity contribution in [3.8, 4) is 0 Å². The SMILES string of the molecule is CCc1ccccc1Nc1nncc(NC(C)C)n1. The molecule has 0 spiro atoms. The Balaban J connectivity index is 2.18. The zero-order chi connectivity index (χ0) is 13.7. The largest absolute Gasteiger partial charge is 0.366 e. The van der Waals surface area contributed by atoms with E-state index in [1.807, 2.05) is 18.2 Å². The lowest BCUT2D eigenvalue weighted by Crippen LogP contribution is -2.12. The Hall–Kier alpha value is -2.17. The quantitative estimate of drug-likeness (QED) is 0.862. The molecule has 2 N–H and O–H groups in total. The van der Waals surface area contributed by atoms with E-state index in [1.54, 1.807) is 6.20 Å². The standard InChI is InChI=1S/C14H19N5/c1-4-11-7-5-6-8-12(11)17-14-18-13(9-15-19-14)16-10(2)3/h5-10H,4H2,1-3H3,(H2,16,17,18,19). The molecule has 2 rings (SSSR count). The fraction of sp³-hybridized carbons (Fsp3) is 0.357. The number of aromatic nitrogens is 3. The van der Waals surface area contributed by atoms with Crippen LogP contribution in [0.15, 0.2) is 30.5 Å². The van der Waals surface area contributed by atoms with E-state index in [0.717, 1.165) is 17.9 Å². The summed E-state index contributed by atoms with van der Waals surface area (Å²) in [5.74, 6) is 1.23. The highest BCUT2D eigenvalue weighted by Crippen LogP contribution is 2.19. The smallest absolute Gasteiger partial charge is 0.249 e. The third-order valence-electron chi connectivity index (χ3n) is 2.64. The van der Waals surface area contributed by atoms with Crippen molar-refractivity contribution in [2.75, 3.05) is 10.6 Å². The fourth-order valence-corrected chi connectivity index (χ4v) is 1.79. The van der Waals surface area contributed by atoms with Crippen molar-refractivity contribution in [1.29, 1.82) is 0 Å². The molecule has 0 saturated heterocycles. The number of anilines is 3. The van der Waals surface area contributed by atoms with Gasteiger partial charge >= 0.3 is 0 Å². The van der Waals surface area contributed by atoms with E-state index in [-0.39, 0.29) is 0 Å². The predicted octanol–water partition coefficient (Wildman–Crippen LogP) is 3.00. The highest BCUT2D eigenvalue weighted by atomic mass is 15.3. The van der Waals surface area contributed by atoms with Crippen LogP contribution in [-0.4, -0.2) is 21.2 Å². The van der Waals surface area contributed by atoms with Crippen molar-refractivity contribution in [2.45, 2.75) is 33.2 Å². The summed E-state index contributed by atoms with van der Waals surface area (Å²) in [6, 6.07) is 8.44. The van der Waals surface area contributed by atoms with Crippen molar-refractivity contribution >= 4 is 17.5 Å². The number of nitrogens with zero attached hydrogens (tertiary/aromatic N) is 3. The van der Waals surface area contributed by atoms with Gasteiger partial charge in [0.15, 0.2) is 5.82 Å². The molecule has 100 valence electrons. The molecule has 0 atom stereocenters. The van der Waals surface area contributed by atoms with Gasteiger partial charge in [0.05, 0.1) is 6.20 Å². The summed E-state index contributed by atoms with van der Waals surface area (Å²) in [4.78, 5) is 4.39. The molecule has 0 fully saturated rings. The minimum atomic E-state index is 0.312. The third kappa shape index (κ3) is 3.64. The fourth-order valence-electron chi connectivity index (χ4n) is 1.79. The predicted molar refractivity (Wildman–Crippen MR) is 77.7 cm³/mol. The summed E-state index contributed by atoms with van der Waals surface area (Å²) < 4.78 is 0.